The van der Waals surface area contributed by atoms with Crippen LogP contribution >= 0.6 is 0 Å². The maximum Gasteiger partial charge on any atom is 0.311 e. The lowest BCUT2D eigenvalue weighted by Crippen LogP contribution is -2.48. The van der Waals surface area contributed by atoms with Crippen LogP contribution in [0, 0.1) is 23.3 Å². The number of rotatable bonds is 96. The number of carbonyl (C=O) groups is 6. The minimum atomic E-state index is -1.93. The molecule has 0 fully saturated rings. The van der Waals surface area contributed by atoms with Crippen LogP contribution in [0.25, 0.3) is 0 Å². The molecule has 0 unspecified atom stereocenters. The smallest absolute Gasteiger partial charge is 0.311 e. The van der Waals surface area contributed by atoms with Crippen molar-refractivity contribution in [2.75, 3.05) is 390 Å². The molecule has 1 aliphatic heterocycles. The Labute approximate surface area is 706 Å². The van der Waals surface area contributed by atoms with E-state index in [-0.39, 0.29) is 124 Å². The quantitative estimate of drug-likeness (QED) is 0.0199. The SMILES string of the molecule is COCCOCCOCCOCCOCCOCCOCCOCCOCCOCCOCCOCCOCCOCCOCCOCCOCCOCCOCCOCCOCCOCCOCCOCCNC(=O)[C@H](CCC(=O)Oc1c(F)c(F)cc(F)c1F)NC(=O)CCOCCOCCOCCOCCNC(=O)CCN1C(=O)C=CC1=O. The standard InChI is InChI=1S/C78H134F4N4O35/c1-93-14-15-97-22-23-101-28-29-103-32-33-105-36-37-107-40-41-109-44-45-111-48-49-113-52-53-115-56-57-117-60-61-119-64-65-120-63-62-118-59-58-116-55-54-114-51-50-112-47-46-110-43-42-108-39-38-106-35-34-104-31-30-102-27-26-100-21-18-96-13-9-84-78(92)69(2-5-74(91)121-77-75(81)67(79)66-68(80)76(77)82)85-71(88)7-11-94-16-19-98-24-25-99-20-17-95-12-8-83-70(87)6-10-86-72(89)3-4-73(86)90/h3-4,66,69H,2,5-65H2,1H3,(H,83,87)(H,84,92)(H,85,88)/t69-/m0/s1. The van der Waals surface area contributed by atoms with Crippen LogP contribution in [0.2, 0.25) is 0 Å². The lowest BCUT2D eigenvalue weighted by atomic mass is 10.1. The molecule has 1 aliphatic rings. The van der Waals surface area contributed by atoms with Crippen LogP contribution in [0.3, 0.4) is 0 Å². The predicted octanol–water partition coefficient (Wildman–Crippen LogP) is 0.446. The Kier molecular flexibility index (Phi) is 80.0. The fourth-order valence-corrected chi connectivity index (χ4v) is 9.20. The lowest BCUT2D eigenvalue weighted by molar-refractivity contribution is -0.138. The molecule has 1 aromatic carbocycles. The first-order valence-corrected chi connectivity index (χ1v) is 40.9. The highest BCUT2D eigenvalue weighted by Gasteiger charge is 2.27. The monoisotopic (exact) mass is 1760 g/mol. The zero-order valence-corrected chi connectivity index (χ0v) is 70.4. The number of nitrogens with zero attached hydrogens (tertiary/aromatic N) is 1. The van der Waals surface area contributed by atoms with Crippen molar-refractivity contribution in [1.82, 2.24) is 20.9 Å². The topological polar surface area (TPSA) is 409 Å². The largest absolute Gasteiger partial charge is 0.420 e. The number of carbonyl (C=O) groups excluding carboxylic acids is 6. The zero-order valence-electron chi connectivity index (χ0n) is 70.4. The molecule has 0 bridgehead atoms. The minimum Gasteiger partial charge on any atom is -0.420 e. The maximum atomic E-state index is 14.2. The number of hydrogen-bond donors (Lipinski definition) is 3. The maximum absolute atomic E-state index is 14.2. The molecule has 0 aliphatic carbocycles. The van der Waals surface area contributed by atoms with Crippen molar-refractivity contribution in [3.8, 4) is 5.75 Å². The molecule has 1 heterocycles. The van der Waals surface area contributed by atoms with Gasteiger partial charge in [-0.15, -0.1) is 0 Å². The van der Waals surface area contributed by atoms with Crippen LogP contribution in [0.4, 0.5) is 17.6 Å². The van der Waals surface area contributed by atoms with Gasteiger partial charge in [0.05, 0.1) is 363 Å². The van der Waals surface area contributed by atoms with Gasteiger partial charge in [-0.2, -0.15) is 8.78 Å². The summed E-state index contributed by atoms with van der Waals surface area (Å²) in [6.07, 6.45) is 0.907. The number of imide groups is 1. The highest BCUT2D eigenvalue weighted by atomic mass is 19.2. The number of hydrogen-bond acceptors (Lipinski definition) is 35. The highest BCUT2D eigenvalue weighted by Crippen LogP contribution is 2.27. The fourth-order valence-electron chi connectivity index (χ4n) is 9.20. The molecule has 5 amide bonds. The summed E-state index contributed by atoms with van der Waals surface area (Å²) >= 11 is 0. The van der Waals surface area contributed by atoms with E-state index in [4.69, 9.17) is 133 Å². The Morgan fingerprint density at radius 1 is 0.298 bits per heavy atom. The molecule has 704 valence electrons. The van der Waals surface area contributed by atoms with E-state index in [1.165, 1.54) is 0 Å². The van der Waals surface area contributed by atoms with Gasteiger partial charge in [0, 0.05) is 64.2 Å². The van der Waals surface area contributed by atoms with E-state index in [1.807, 2.05) is 0 Å². The van der Waals surface area contributed by atoms with Gasteiger partial charge in [-0.25, -0.2) is 8.78 Å². The average Bonchev–Trinajstić information content (AvgIpc) is 1.49. The summed E-state index contributed by atoms with van der Waals surface area (Å²) in [6.45, 7) is 21.9. The number of ether oxygens (including phenoxy) is 29. The molecule has 43 heteroatoms. The predicted molar refractivity (Wildman–Crippen MR) is 418 cm³/mol. The molecule has 3 N–H and O–H groups in total. The van der Waals surface area contributed by atoms with E-state index in [0.29, 0.717) is 284 Å². The molecule has 39 nitrogen and oxygen atoms in total. The van der Waals surface area contributed by atoms with Crippen molar-refractivity contribution < 1.29 is 184 Å². The highest BCUT2D eigenvalue weighted by molar-refractivity contribution is 6.13. The van der Waals surface area contributed by atoms with E-state index >= 15 is 0 Å². The first-order valence-electron chi connectivity index (χ1n) is 40.9. The summed E-state index contributed by atoms with van der Waals surface area (Å²) in [6, 6.07) is -1.42. The Balaban J connectivity index is 1.26. The molecule has 0 aromatic heterocycles. The second kappa shape index (κ2) is 86.7. The van der Waals surface area contributed by atoms with Crippen LogP contribution in [0.5, 0.6) is 5.75 Å². The number of benzene rings is 1. The van der Waals surface area contributed by atoms with E-state index in [2.05, 4.69) is 20.7 Å². The van der Waals surface area contributed by atoms with Crippen LogP contribution in [0.1, 0.15) is 25.7 Å². The summed E-state index contributed by atoms with van der Waals surface area (Å²) in [5.74, 6) is -13.0. The van der Waals surface area contributed by atoms with Gasteiger partial charge >= 0.3 is 5.97 Å². The van der Waals surface area contributed by atoms with Crippen LogP contribution in [0.15, 0.2) is 18.2 Å². The number of nitrogens with one attached hydrogen (secondary N) is 3. The van der Waals surface area contributed by atoms with Gasteiger partial charge < -0.3 is 153 Å². The van der Waals surface area contributed by atoms with Gasteiger partial charge in [-0.05, 0) is 6.42 Å². The lowest BCUT2D eigenvalue weighted by Gasteiger charge is -2.18. The van der Waals surface area contributed by atoms with Crippen molar-refractivity contribution in [3.63, 3.8) is 0 Å². The van der Waals surface area contributed by atoms with E-state index < -0.39 is 77.5 Å². The van der Waals surface area contributed by atoms with Gasteiger partial charge in [0.1, 0.15) is 6.04 Å². The summed E-state index contributed by atoms with van der Waals surface area (Å²) in [5, 5.41) is 7.67. The molecule has 0 spiro atoms. The third kappa shape index (κ3) is 72.4. The molecule has 1 aromatic rings. The molecule has 2 rings (SSSR count). The van der Waals surface area contributed by atoms with Gasteiger partial charge in [-0.3, -0.25) is 33.7 Å². The van der Waals surface area contributed by atoms with E-state index in [9.17, 15) is 46.3 Å². The van der Waals surface area contributed by atoms with Gasteiger partial charge in [0.25, 0.3) is 11.8 Å². The zero-order chi connectivity index (χ0) is 87.1. The second-order valence-electron chi connectivity index (χ2n) is 24.8. The Hall–Kier alpha value is -5.42. The number of halogens is 4. The molecular formula is C78H134F4N4O35. The first-order chi connectivity index (χ1) is 59.4. The number of methoxy groups -OCH3 is 1. The van der Waals surface area contributed by atoms with Crippen molar-refractivity contribution in [2.45, 2.75) is 31.7 Å². The Morgan fingerprint density at radius 3 is 0.785 bits per heavy atom. The molecule has 0 saturated heterocycles. The fraction of sp³-hybridized carbons (Fsp3) is 0.821. The third-order valence-corrected chi connectivity index (χ3v) is 15.4. The van der Waals surface area contributed by atoms with Crippen LogP contribution in [-0.4, -0.2) is 437 Å². The summed E-state index contributed by atoms with van der Waals surface area (Å²) < 4.78 is 213. The van der Waals surface area contributed by atoms with Crippen molar-refractivity contribution in [3.05, 3.63) is 41.5 Å². The Morgan fingerprint density at radius 2 is 0.529 bits per heavy atom. The van der Waals surface area contributed by atoms with Crippen LogP contribution < -0.4 is 20.7 Å². The Bertz CT molecular complexity index is 2610. The summed E-state index contributed by atoms with van der Waals surface area (Å²) in [7, 11) is 1.64. The van der Waals surface area contributed by atoms with Gasteiger partial charge in [0.2, 0.25) is 35.1 Å². The van der Waals surface area contributed by atoms with Crippen molar-refractivity contribution in [1.29, 1.82) is 0 Å². The van der Waals surface area contributed by atoms with Gasteiger partial charge in [-0.1, -0.05) is 0 Å². The number of amides is 5. The molecule has 0 radical (unpaired) electrons. The van der Waals surface area contributed by atoms with E-state index in [1.54, 1.807) is 7.11 Å². The molecule has 0 saturated carbocycles. The summed E-state index contributed by atoms with van der Waals surface area (Å²) in [4.78, 5) is 74.6. The van der Waals surface area contributed by atoms with E-state index in [0.717, 1.165) is 17.1 Å². The normalized spacial score (nSPS) is 12.4. The average molecular weight is 1760 g/mol. The van der Waals surface area contributed by atoms with Crippen LogP contribution in [-0.2, 0) is 161 Å². The minimum absolute atomic E-state index is 0.0126. The van der Waals surface area contributed by atoms with Crippen molar-refractivity contribution in [2.24, 2.45) is 0 Å². The molecular weight excluding hydrogens is 1630 g/mol. The first kappa shape index (κ1) is 112. The van der Waals surface area contributed by atoms with Crippen molar-refractivity contribution >= 4 is 35.5 Å². The molecule has 1 atom stereocenters. The molecule has 121 heavy (non-hydrogen) atoms. The second-order valence-corrected chi connectivity index (χ2v) is 24.8. The summed E-state index contributed by atoms with van der Waals surface area (Å²) in [5.41, 5.74) is 0. The van der Waals surface area contributed by atoms with Gasteiger partial charge in [0.15, 0.2) is 11.6 Å². The third-order valence-electron chi connectivity index (χ3n) is 15.4. The number of esters is 1.